The molecule has 1 aromatic carbocycles. The lowest BCUT2D eigenvalue weighted by Crippen LogP contribution is -2.37. The Morgan fingerprint density at radius 1 is 1.33 bits per heavy atom. The van der Waals surface area contributed by atoms with Crippen molar-refractivity contribution in [2.75, 3.05) is 33.3 Å². The van der Waals surface area contributed by atoms with Gasteiger partial charge in [0.2, 0.25) is 5.91 Å². The summed E-state index contributed by atoms with van der Waals surface area (Å²) in [5, 5.41) is 13.2. The number of methoxy groups -OCH3 is 1. The number of rotatable bonds is 8. The lowest BCUT2D eigenvalue weighted by Gasteiger charge is -2.26. The number of amides is 1. The predicted octanol–water partition coefficient (Wildman–Crippen LogP) is 2.16. The van der Waals surface area contributed by atoms with Gasteiger partial charge < -0.3 is 24.5 Å². The minimum absolute atomic E-state index is 0.0144. The van der Waals surface area contributed by atoms with Gasteiger partial charge in [0.05, 0.1) is 12.5 Å². The molecule has 1 aliphatic rings. The van der Waals surface area contributed by atoms with Crippen LogP contribution in [0, 0.1) is 6.92 Å². The Morgan fingerprint density at radius 2 is 2.07 bits per heavy atom. The third-order valence-electron chi connectivity index (χ3n) is 5.59. The normalized spacial score (nSPS) is 14.6. The number of phenolic OH excluding ortho intramolecular Hbond substituents is 1. The first kappa shape index (κ1) is 21.8. The highest BCUT2D eigenvalue weighted by Crippen LogP contribution is 2.35. The lowest BCUT2D eigenvalue weighted by molar-refractivity contribution is -0.121. The monoisotopic (exact) mass is 416 g/mol. The topological polar surface area (TPSA) is 109 Å². The van der Waals surface area contributed by atoms with Crippen molar-refractivity contribution in [1.82, 2.24) is 10.2 Å². The molecule has 0 unspecified atom stereocenters. The third kappa shape index (κ3) is 4.64. The van der Waals surface area contributed by atoms with Gasteiger partial charge in [-0.3, -0.25) is 14.4 Å². The first-order valence-electron chi connectivity index (χ1n) is 10.3. The zero-order chi connectivity index (χ0) is 21.7. The van der Waals surface area contributed by atoms with Crippen LogP contribution < -0.4 is 15.5 Å². The smallest absolute Gasteiger partial charge is 0.220 e. The number of aromatic hydroxyl groups is 1. The Kier molecular flexibility index (Phi) is 7.10. The summed E-state index contributed by atoms with van der Waals surface area (Å²) in [6, 6.07) is 1.35. The van der Waals surface area contributed by atoms with E-state index in [1.165, 1.54) is 32.4 Å². The summed E-state index contributed by atoms with van der Waals surface area (Å²) < 4.78 is 10.7. The first-order valence-corrected chi connectivity index (χ1v) is 10.3. The molecular weight excluding hydrogens is 388 g/mol. The molecule has 2 heterocycles. The number of piperidine rings is 1. The summed E-state index contributed by atoms with van der Waals surface area (Å²) in [5.74, 6) is -0.158. The maximum atomic E-state index is 13.0. The van der Waals surface area contributed by atoms with Crippen LogP contribution in [0.3, 0.4) is 0 Å². The van der Waals surface area contributed by atoms with Gasteiger partial charge in [-0.1, -0.05) is 6.42 Å². The maximum absolute atomic E-state index is 13.0. The van der Waals surface area contributed by atoms with E-state index in [4.69, 9.17) is 9.15 Å². The van der Waals surface area contributed by atoms with Crippen molar-refractivity contribution in [3.8, 4) is 11.5 Å². The minimum atomic E-state index is -0.372. The summed E-state index contributed by atoms with van der Waals surface area (Å²) in [5.41, 5.74) is -0.0818. The molecule has 8 heteroatoms. The number of benzene rings is 1. The Balaban J connectivity index is 1.71. The van der Waals surface area contributed by atoms with Gasteiger partial charge in [-0.15, -0.1) is 0 Å². The van der Waals surface area contributed by atoms with Crippen LogP contribution in [0.4, 0.5) is 0 Å². The summed E-state index contributed by atoms with van der Waals surface area (Å²) in [6.45, 7) is 5.19. The van der Waals surface area contributed by atoms with E-state index < -0.39 is 0 Å². The van der Waals surface area contributed by atoms with Crippen molar-refractivity contribution in [3.63, 3.8) is 0 Å². The van der Waals surface area contributed by atoms with Crippen LogP contribution in [0.15, 0.2) is 15.3 Å². The summed E-state index contributed by atoms with van der Waals surface area (Å²) in [7, 11) is 1.33. The quantitative estimate of drug-likeness (QED) is 0.635. The van der Waals surface area contributed by atoms with E-state index in [1.54, 1.807) is 6.92 Å². The zero-order valence-electron chi connectivity index (χ0n) is 17.5. The summed E-state index contributed by atoms with van der Waals surface area (Å²) in [6.07, 6.45) is 4.50. The van der Waals surface area contributed by atoms with E-state index in [-0.39, 0.29) is 52.2 Å². The number of aldehydes is 1. The van der Waals surface area contributed by atoms with E-state index in [0.29, 0.717) is 24.2 Å². The van der Waals surface area contributed by atoms with Gasteiger partial charge in [0.1, 0.15) is 11.3 Å². The fourth-order valence-corrected chi connectivity index (χ4v) is 3.88. The molecule has 162 valence electrons. The van der Waals surface area contributed by atoms with E-state index in [9.17, 15) is 19.5 Å². The Bertz CT molecular complexity index is 992. The summed E-state index contributed by atoms with van der Waals surface area (Å²) >= 11 is 0. The number of aryl methyl sites for hydroxylation is 1. The van der Waals surface area contributed by atoms with Gasteiger partial charge in [0.15, 0.2) is 28.8 Å². The Labute approximate surface area is 174 Å². The molecule has 8 nitrogen and oxygen atoms in total. The van der Waals surface area contributed by atoms with Crippen LogP contribution in [0.1, 0.15) is 47.4 Å². The molecular formula is C22H28N2O6. The van der Waals surface area contributed by atoms with Crippen molar-refractivity contribution in [2.24, 2.45) is 0 Å². The molecule has 1 fully saturated rings. The van der Waals surface area contributed by atoms with E-state index in [1.807, 2.05) is 0 Å². The van der Waals surface area contributed by atoms with Crippen LogP contribution >= 0.6 is 0 Å². The molecule has 1 aromatic heterocycles. The molecule has 1 aliphatic heterocycles. The number of nitrogens with zero attached hydrogens (tertiary/aromatic N) is 1. The molecule has 2 N–H and O–H groups in total. The number of hydrogen-bond donors (Lipinski definition) is 2. The number of carbonyl (C=O) groups is 2. The van der Waals surface area contributed by atoms with E-state index in [2.05, 4.69) is 10.2 Å². The first-order chi connectivity index (χ1) is 14.5. The van der Waals surface area contributed by atoms with Crippen molar-refractivity contribution in [3.05, 3.63) is 33.2 Å². The SMILES string of the molecule is COc1cc2c(=O)c(CCC(=O)NCCN3CCCCC3)c(C)oc2c(C=O)c1O. The number of ether oxygens (including phenoxy) is 1. The van der Waals surface area contributed by atoms with Crippen molar-refractivity contribution in [1.29, 1.82) is 0 Å². The predicted molar refractivity (Wildman–Crippen MR) is 112 cm³/mol. The number of hydrogen-bond acceptors (Lipinski definition) is 7. The van der Waals surface area contributed by atoms with Crippen LogP contribution in [-0.2, 0) is 11.2 Å². The molecule has 2 aromatic rings. The van der Waals surface area contributed by atoms with Gasteiger partial charge in [0.25, 0.3) is 0 Å². The van der Waals surface area contributed by atoms with Crippen LogP contribution in [-0.4, -0.2) is 55.5 Å². The second kappa shape index (κ2) is 9.75. The molecule has 30 heavy (non-hydrogen) atoms. The molecule has 0 aliphatic carbocycles. The molecule has 3 rings (SSSR count). The Hall–Kier alpha value is -2.87. The zero-order valence-corrected chi connectivity index (χ0v) is 17.5. The van der Waals surface area contributed by atoms with Gasteiger partial charge in [0, 0.05) is 25.1 Å². The highest BCUT2D eigenvalue weighted by Gasteiger charge is 2.20. The molecule has 0 spiro atoms. The molecule has 1 saturated heterocycles. The van der Waals surface area contributed by atoms with Gasteiger partial charge >= 0.3 is 0 Å². The average molecular weight is 416 g/mol. The van der Waals surface area contributed by atoms with Gasteiger partial charge in [-0.2, -0.15) is 0 Å². The van der Waals surface area contributed by atoms with E-state index >= 15 is 0 Å². The summed E-state index contributed by atoms with van der Waals surface area (Å²) in [4.78, 5) is 39.0. The van der Waals surface area contributed by atoms with E-state index in [0.717, 1.165) is 19.6 Å². The highest BCUT2D eigenvalue weighted by molar-refractivity contribution is 5.99. The van der Waals surface area contributed by atoms with Crippen molar-refractivity contribution < 1.29 is 23.8 Å². The number of phenols is 1. The second-order valence-corrected chi connectivity index (χ2v) is 7.55. The minimum Gasteiger partial charge on any atom is -0.504 e. The van der Waals surface area contributed by atoms with Crippen molar-refractivity contribution in [2.45, 2.75) is 39.0 Å². The highest BCUT2D eigenvalue weighted by atomic mass is 16.5. The fraction of sp³-hybridized carbons (Fsp3) is 0.500. The van der Waals surface area contributed by atoms with Crippen LogP contribution in [0.25, 0.3) is 11.0 Å². The molecule has 0 saturated carbocycles. The lowest BCUT2D eigenvalue weighted by atomic mass is 10.0. The number of nitrogens with one attached hydrogen (secondary N) is 1. The van der Waals surface area contributed by atoms with Crippen LogP contribution in [0.5, 0.6) is 11.5 Å². The number of fused-ring (bicyclic) bond motifs is 1. The number of likely N-dealkylation sites (tertiary alicyclic amines) is 1. The molecule has 0 atom stereocenters. The molecule has 0 bridgehead atoms. The maximum Gasteiger partial charge on any atom is 0.220 e. The fourth-order valence-electron chi connectivity index (χ4n) is 3.88. The van der Waals surface area contributed by atoms with Crippen LogP contribution in [0.2, 0.25) is 0 Å². The van der Waals surface area contributed by atoms with Gasteiger partial charge in [-0.05, 0) is 45.3 Å². The average Bonchev–Trinajstić information content (AvgIpc) is 2.74. The third-order valence-corrected chi connectivity index (χ3v) is 5.59. The number of carbonyl (C=O) groups excluding carboxylic acids is 2. The Morgan fingerprint density at radius 3 is 2.73 bits per heavy atom. The molecule has 1 amide bonds. The van der Waals surface area contributed by atoms with Gasteiger partial charge in [-0.25, -0.2) is 0 Å². The second-order valence-electron chi connectivity index (χ2n) is 7.55. The largest absolute Gasteiger partial charge is 0.504 e. The molecule has 0 radical (unpaired) electrons. The standard InChI is InChI=1S/C22H28N2O6/c1-14-15(6-7-19(26)23-8-11-24-9-4-3-5-10-24)20(27)16-12-18(29-2)21(28)17(13-25)22(16)30-14/h12-13,28H,3-11H2,1-2H3,(H,23,26). The van der Waals surface area contributed by atoms with Crippen molar-refractivity contribution >= 4 is 23.2 Å².